The van der Waals surface area contributed by atoms with E-state index >= 15 is 0 Å². The van der Waals surface area contributed by atoms with Gasteiger partial charge in [-0.25, -0.2) is 4.39 Å². The molecule has 1 heterocycles. The lowest BCUT2D eigenvalue weighted by Crippen LogP contribution is -2.42. The lowest BCUT2D eigenvalue weighted by molar-refractivity contribution is 0.0692. The third-order valence-corrected chi connectivity index (χ3v) is 5.22. The number of carbonyl (C=O) groups excluding carboxylic acids is 1. The van der Waals surface area contributed by atoms with Crippen LogP contribution in [0, 0.1) is 11.7 Å². The highest BCUT2D eigenvalue weighted by molar-refractivity contribution is 9.10. The van der Waals surface area contributed by atoms with E-state index in [9.17, 15) is 9.18 Å². The maximum Gasteiger partial charge on any atom is 0.254 e. The van der Waals surface area contributed by atoms with Crippen LogP contribution in [0.4, 0.5) is 4.39 Å². The van der Waals surface area contributed by atoms with Crippen molar-refractivity contribution in [3.63, 3.8) is 0 Å². The second-order valence-corrected chi connectivity index (χ2v) is 7.07. The van der Waals surface area contributed by atoms with Gasteiger partial charge >= 0.3 is 0 Å². The van der Waals surface area contributed by atoms with E-state index in [1.54, 1.807) is 6.07 Å². The molecule has 0 bridgehead atoms. The molecule has 0 spiro atoms. The van der Waals surface area contributed by atoms with Crippen LogP contribution in [0.2, 0.25) is 0 Å². The summed E-state index contributed by atoms with van der Waals surface area (Å²) in [4.78, 5) is 14.4. The Labute approximate surface area is 132 Å². The highest BCUT2D eigenvalue weighted by atomic mass is 79.9. The zero-order valence-corrected chi connectivity index (χ0v) is 13.5. The zero-order chi connectivity index (χ0) is 15.0. The number of nitrogens with two attached hydrogens (primary N) is 1. The lowest BCUT2D eigenvalue weighted by Gasteiger charge is -2.34. The number of benzene rings is 1. The van der Waals surface area contributed by atoms with Gasteiger partial charge < -0.3 is 10.6 Å². The first-order valence-corrected chi connectivity index (χ1v) is 8.36. The summed E-state index contributed by atoms with van der Waals surface area (Å²) in [7, 11) is 0. The van der Waals surface area contributed by atoms with E-state index < -0.39 is 0 Å². The second kappa shape index (κ2) is 6.05. The van der Waals surface area contributed by atoms with Gasteiger partial charge in [-0.2, -0.15) is 0 Å². The smallest absolute Gasteiger partial charge is 0.254 e. The molecule has 3 rings (SSSR count). The molecule has 2 atom stereocenters. The second-order valence-electron chi connectivity index (χ2n) is 6.22. The van der Waals surface area contributed by atoms with Crippen LogP contribution in [-0.2, 0) is 6.42 Å². The predicted octanol–water partition coefficient (Wildman–Crippen LogP) is 3.10. The third-order valence-electron chi connectivity index (χ3n) is 4.62. The molecule has 1 saturated carbocycles. The van der Waals surface area contributed by atoms with Crippen LogP contribution in [0.3, 0.4) is 0 Å². The first-order chi connectivity index (χ1) is 10.0. The molecule has 5 heteroatoms. The third kappa shape index (κ3) is 3.14. The molecule has 3 nitrogen and oxygen atoms in total. The van der Waals surface area contributed by atoms with Gasteiger partial charge in [0.15, 0.2) is 0 Å². The van der Waals surface area contributed by atoms with Crippen LogP contribution in [0.5, 0.6) is 0 Å². The Hall–Kier alpha value is -0.940. The number of hydrogen-bond donors (Lipinski definition) is 1. The van der Waals surface area contributed by atoms with E-state index in [0.29, 0.717) is 16.0 Å². The SMILES string of the molecule is N[C@H]1CCC[C@@H](CN2CCc3cc(Br)c(F)cc3C2=O)C1. The fraction of sp³-hybridized carbons (Fsp3) is 0.562. The van der Waals surface area contributed by atoms with Crippen LogP contribution >= 0.6 is 15.9 Å². The minimum absolute atomic E-state index is 0.0400. The minimum atomic E-state index is -0.372. The predicted molar refractivity (Wildman–Crippen MR) is 83.6 cm³/mol. The lowest BCUT2D eigenvalue weighted by atomic mass is 9.85. The van der Waals surface area contributed by atoms with Gasteiger partial charge in [0.25, 0.3) is 5.91 Å². The minimum Gasteiger partial charge on any atom is -0.338 e. The maximum atomic E-state index is 13.7. The summed E-state index contributed by atoms with van der Waals surface area (Å²) in [5.74, 6) is 0.0741. The average Bonchev–Trinajstić information content (AvgIpc) is 2.44. The molecule has 0 saturated heterocycles. The molecule has 1 aromatic carbocycles. The molecule has 1 aliphatic carbocycles. The van der Waals surface area contributed by atoms with Crippen molar-refractivity contribution in [1.29, 1.82) is 0 Å². The van der Waals surface area contributed by atoms with Crippen molar-refractivity contribution in [3.05, 3.63) is 33.5 Å². The number of rotatable bonds is 2. The summed E-state index contributed by atoms with van der Waals surface area (Å²) < 4.78 is 14.1. The van der Waals surface area contributed by atoms with Crippen LogP contribution < -0.4 is 5.73 Å². The largest absolute Gasteiger partial charge is 0.338 e. The van der Waals surface area contributed by atoms with E-state index in [1.165, 1.54) is 6.07 Å². The molecule has 1 aliphatic heterocycles. The molecule has 114 valence electrons. The Morgan fingerprint density at radius 3 is 2.95 bits per heavy atom. The normalized spacial score (nSPS) is 25.9. The van der Waals surface area contributed by atoms with Gasteiger partial charge in [-0.1, -0.05) is 6.42 Å². The number of fused-ring (bicyclic) bond motifs is 1. The van der Waals surface area contributed by atoms with Crippen molar-refractivity contribution in [1.82, 2.24) is 4.90 Å². The van der Waals surface area contributed by atoms with Gasteiger partial charge in [0.1, 0.15) is 5.82 Å². The summed E-state index contributed by atoms with van der Waals surface area (Å²) >= 11 is 3.18. The molecule has 0 aromatic heterocycles. The highest BCUT2D eigenvalue weighted by Crippen LogP contribution is 2.29. The standard InChI is InChI=1S/C16H20BrFN2O/c17-14-7-11-4-5-20(16(21)13(11)8-15(14)18)9-10-2-1-3-12(19)6-10/h7-8,10,12H,1-6,9,19H2/t10-,12+/m1/s1. The maximum absolute atomic E-state index is 13.7. The van der Waals surface area contributed by atoms with Crippen molar-refractivity contribution < 1.29 is 9.18 Å². The quantitative estimate of drug-likeness (QED) is 0.886. The van der Waals surface area contributed by atoms with Gasteiger partial charge in [0.05, 0.1) is 4.47 Å². The van der Waals surface area contributed by atoms with E-state index in [4.69, 9.17) is 5.73 Å². The summed E-state index contributed by atoms with van der Waals surface area (Å²) in [5, 5.41) is 0. The Balaban J connectivity index is 1.74. The molecule has 0 radical (unpaired) electrons. The fourth-order valence-electron chi connectivity index (χ4n) is 3.51. The summed E-state index contributed by atoms with van der Waals surface area (Å²) in [6, 6.07) is 3.36. The van der Waals surface area contributed by atoms with Crippen molar-refractivity contribution in [2.75, 3.05) is 13.1 Å². The molecule has 1 amide bonds. The van der Waals surface area contributed by atoms with E-state index in [2.05, 4.69) is 15.9 Å². The molecule has 2 N–H and O–H groups in total. The Morgan fingerprint density at radius 1 is 1.38 bits per heavy atom. The summed E-state index contributed by atoms with van der Waals surface area (Å²) in [5.41, 5.74) is 7.47. The zero-order valence-electron chi connectivity index (χ0n) is 11.9. The van der Waals surface area contributed by atoms with Gasteiger partial charge in [0.2, 0.25) is 0 Å². The molecular formula is C16H20BrFN2O. The summed E-state index contributed by atoms with van der Waals surface area (Å²) in [6.45, 7) is 1.47. The van der Waals surface area contributed by atoms with E-state index in [1.807, 2.05) is 4.90 Å². The Bertz CT molecular complexity index is 563. The fourth-order valence-corrected chi connectivity index (χ4v) is 3.90. The monoisotopic (exact) mass is 354 g/mol. The van der Waals surface area contributed by atoms with Gasteiger partial charge in [0, 0.05) is 24.7 Å². The van der Waals surface area contributed by atoms with Gasteiger partial charge in [-0.15, -0.1) is 0 Å². The van der Waals surface area contributed by atoms with Crippen LogP contribution in [-0.4, -0.2) is 29.9 Å². The molecular weight excluding hydrogens is 335 g/mol. The Kier molecular flexibility index (Phi) is 4.31. The highest BCUT2D eigenvalue weighted by Gasteiger charge is 2.29. The molecule has 21 heavy (non-hydrogen) atoms. The van der Waals surface area contributed by atoms with Crippen molar-refractivity contribution in [3.8, 4) is 0 Å². The van der Waals surface area contributed by atoms with E-state index in [-0.39, 0.29) is 17.8 Å². The first kappa shape index (κ1) is 15.0. The van der Waals surface area contributed by atoms with Crippen molar-refractivity contribution in [2.45, 2.75) is 38.1 Å². The number of carbonyl (C=O) groups is 1. The Morgan fingerprint density at radius 2 is 2.19 bits per heavy atom. The number of halogens is 2. The summed E-state index contributed by atoms with van der Waals surface area (Å²) in [6.07, 6.45) is 5.15. The van der Waals surface area contributed by atoms with Crippen LogP contribution in [0.25, 0.3) is 0 Å². The van der Waals surface area contributed by atoms with Crippen LogP contribution in [0.1, 0.15) is 41.6 Å². The molecule has 0 unspecified atom stereocenters. The molecule has 1 fully saturated rings. The molecule has 2 aliphatic rings. The van der Waals surface area contributed by atoms with Crippen LogP contribution in [0.15, 0.2) is 16.6 Å². The average molecular weight is 355 g/mol. The number of hydrogen-bond acceptors (Lipinski definition) is 2. The number of nitrogens with zero attached hydrogens (tertiary/aromatic N) is 1. The topological polar surface area (TPSA) is 46.3 Å². The molecule has 1 aromatic rings. The first-order valence-electron chi connectivity index (χ1n) is 7.57. The van der Waals surface area contributed by atoms with Crippen molar-refractivity contribution >= 4 is 21.8 Å². The van der Waals surface area contributed by atoms with E-state index in [0.717, 1.165) is 50.8 Å². The van der Waals surface area contributed by atoms with Gasteiger partial charge in [-0.3, -0.25) is 4.79 Å². The van der Waals surface area contributed by atoms with Crippen molar-refractivity contribution in [2.24, 2.45) is 11.7 Å². The van der Waals surface area contributed by atoms with Gasteiger partial charge in [-0.05, 0) is 65.2 Å². The number of amides is 1.